The topological polar surface area (TPSA) is 57.7 Å². The van der Waals surface area contributed by atoms with Gasteiger partial charge in [0.05, 0.1) is 11.3 Å². The Balaban J connectivity index is 0.00000289. The number of anilines is 2. The second-order valence-corrected chi connectivity index (χ2v) is 8.39. The smallest absolute Gasteiger partial charge is 0.262 e. The molecule has 1 unspecified atom stereocenters. The van der Waals surface area contributed by atoms with E-state index in [0.717, 1.165) is 17.8 Å². The zero-order valence-electron chi connectivity index (χ0n) is 18.0. The molecule has 170 valence electrons. The molecule has 1 amide bonds. The summed E-state index contributed by atoms with van der Waals surface area (Å²) in [6.07, 6.45) is 2.22. The van der Waals surface area contributed by atoms with Crippen LogP contribution in [-0.2, 0) is 0 Å². The van der Waals surface area contributed by atoms with Crippen LogP contribution in [0.3, 0.4) is 0 Å². The van der Waals surface area contributed by atoms with Crippen LogP contribution in [0.1, 0.15) is 27.8 Å². The number of halogens is 1. The molecule has 0 saturated carbocycles. The summed E-state index contributed by atoms with van der Waals surface area (Å²) in [5.41, 5.74) is 0.975. The zero-order chi connectivity index (χ0) is 21.8. The molecule has 2 aromatic heterocycles. The van der Waals surface area contributed by atoms with E-state index in [1.54, 1.807) is 40.6 Å². The molecule has 32 heavy (non-hydrogen) atoms. The number of hydrogen-bond acceptors (Lipinski definition) is 6. The van der Waals surface area contributed by atoms with Crippen molar-refractivity contribution in [3.8, 4) is 5.75 Å². The van der Waals surface area contributed by atoms with Gasteiger partial charge >= 0.3 is 0 Å². The SMILES string of the molecule is CNCCC(Oc1cc(F)cc(N2CCN(C)c3ncccc3C2=O)c1)c1cccs1.S. The minimum absolute atomic E-state index is 0. The molecular weight excluding hydrogens is 447 g/mol. The standard InChI is InChI=1S/C23H25FN4O2S.H2S/c1-25-9-7-20(21-6-4-12-31-21)30-18-14-16(24)13-17(15-18)28-11-10-27(2)22-19(23(28)29)5-3-8-26-22;/h3-6,8,12-15,20,25H,7,9-11H2,1-2H3;1H2. The number of aromatic nitrogens is 1. The summed E-state index contributed by atoms with van der Waals surface area (Å²) in [5, 5.41) is 5.13. The summed E-state index contributed by atoms with van der Waals surface area (Å²) in [6, 6.07) is 12.0. The summed E-state index contributed by atoms with van der Waals surface area (Å²) < 4.78 is 20.8. The highest BCUT2D eigenvalue weighted by Crippen LogP contribution is 2.32. The molecular formula is C23H27FN4O2S2. The molecule has 3 aromatic rings. The van der Waals surface area contributed by atoms with E-state index in [1.165, 1.54) is 12.1 Å². The van der Waals surface area contributed by atoms with Gasteiger partial charge in [-0.1, -0.05) is 6.07 Å². The van der Waals surface area contributed by atoms with Crippen LogP contribution in [-0.4, -0.2) is 44.6 Å². The van der Waals surface area contributed by atoms with Gasteiger partial charge in [0.2, 0.25) is 0 Å². The number of amides is 1. The average Bonchev–Trinajstić information content (AvgIpc) is 3.27. The maximum Gasteiger partial charge on any atom is 0.262 e. The third kappa shape index (κ3) is 5.23. The molecule has 1 aliphatic rings. The monoisotopic (exact) mass is 474 g/mol. The highest BCUT2D eigenvalue weighted by Gasteiger charge is 2.27. The molecule has 0 radical (unpaired) electrons. The molecule has 0 spiro atoms. The molecule has 1 aromatic carbocycles. The zero-order valence-corrected chi connectivity index (χ0v) is 19.9. The van der Waals surface area contributed by atoms with Crippen LogP contribution < -0.4 is 19.9 Å². The minimum atomic E-state index is -0.442. The highest BCUT2D eigenvalue weighted by atomic mass is 32.1. The van der Waals surface area contributed by atoms with E-state index in [4.69, 9.17) is 4.74 Å². The number of nitrogens with one attached hydrogen (secondary N) is 1. The van der Waals surface area contributed by atoms with E-state index >= 15 is 0 Å². The first kappa shape index (κ1) is 24.0. The van der Waals surface area contributed by atoms with Crippen LogP contribution in [0.25, 0.3) is 0 Å². The number of fused-ring (bicyclic) bond motifs is 1. The fourth-order valence-electron chi connectivity index (χ4n) is 3.66. The Labute approximate surface area is 198 Å². The fourth-order valence-corrected chi connectivity index (χ4v) is 4.45. The number of benzene rings is 1. The number of hydrogen-bond donors (Lipinski definition) is 1. The van der Waals surface area contributed by atoms with Crippen molar-refractivity contribution in [3.05, 3.63) is 70.3 Å². The van der Waals surface area contributed by atoms with Crippen LogP contribution in [0, 0.1) is 5.82 Å². The summed E-state index contributed by atoms with van der Waals surface area (Å²) in [6.45, 7) is 1.77. The lowest BCUT2D eigenvalue weighted by molar-refractivity contribution is 0.0990. The first-order valence-electron chi connectivity index (χ1n) is 10.2. The molecule has 4 rings (SSSR count). The second-order valence-electron chi connectivity index (χ2n) is 7.41. The predicted molar refractivity (Wildman–Crippen MR) is 132 cm³/mol. The van der Waals surface area contributed by atoms with Gasteiger partial charge in [0.15, 0.2) is 0 Å². The van der Waals surface area contributed by atoms with Crippen LogP contribution >= 0.6 is 24.8 Å². The average molecular weight is 475 g/mol. The van der Waals surface area contributed by atoms with E-state index in [1.807, 2.05) is 36.5 Å². The van der Waals surface area contributed by atoms with Crippen molar-refractivity contribution in [1.82, 2.24) is 10.3 Å². The molecule has 1 aliphatic heterocycles. The van der Waals surface area contributed by atoms with Crippen molar-refractivity contribution in [1.29, 1.82) is 0 Å². The van der Waals surface area contributed by atoms with Gasteiger partial charge in [0.1, 0.15) is 23.5 Å². The first-order chi connectivity index (χ1) is 15.1. The van der Waals surface area contributed by atoms with E-state index in [2.05, 4.69) is 10.3 Å². The molecule has 1 N–H and O–H groups in total. The van der Waals surface area contributed by atoms with Gasteiger partial charge in [-0.15, -0.1) is 11.3 Å². The molecule has 0 aliphatic carbocycles. The Hall–Kier alpha value is -2.62. The number of ether oxygens (including phenoxy) is 1. The number of carbonyl (C=O) groups is 1. The molecule has 0 saturated heterocycles. The van der Waals surface area contributed by atoms with Gasteiger partial charge in [0.25, 0.3) is 5.91 Å². The maximum atomic E-state index is 14.6. The van der Waals surface area contributed by atoms with Crippen LogP contribution in [0.2, 0.25) is 0 Å². The minimum Gasteiger partial charge on any atom is -0.485 e. The van der Waals surface area contributed by atoms with E-state index in [-0.39, 0.29) is 25.5 Å². The number of pyridine rings is 1. The first-order valence-corrected chi connectivity index (χ1v) is 11.1. The lowest BCUT2D eigenvalue weighted by atomic mass is 10.2. The number of thiophene rings is 1. The Morgan fingerprint density at radius 2 is 2.09 bits per heavy atom. The van der Waals surface area contributed by atoms with Crippen LogP contribution in [0.4, 0.5) is 15.9 Å². The summed E-state index contributed by atoms with van der Waals surface area (Å²) >= 11 is 1.61. The normalized spacial score (nSPS) is 14.4. The molecule has 0 fully saturated rings. The van der Waals surface area contributed by atoms with Crippen molar-refractivity contribution in [2.24, 2.45) is 0 Å². The van der Waals surface area contributed by atoms with Gasteiger partial charge in [-0.25, -0.2) is 9.37 Å². The molecule has 1 atom stereocenters. The number of likely N-dealkylation sites (N-methyl/N-ethyl adjacent to an activating group) is 1. The predicted octanol–water partition coefficient (Wildman–Crippen LogP) is 4.22. The quantitative estimate of drug-likeness (QED) is 0.556. The summed E-state index contributed by atoms with van der Waals surface area (Å²) in [7, 11) is 3.79. The van der Waals surface area contributed by atoms with Crippen molar-refractivity contribution in [2.45, 2.75) is 12.5 Å². The summed E-state index contributed by atoms with van der Waals surface area (Å²) in [4.78, 5) is 22.2. The Kier molecular flexibility index (Phi) is 8.11. The highest BCUT2D eigenvalue weighted by molar-refractivity contribution is 7.59. The van der Waals surface area contributed by atoms with Gasteiger partial charge in [0, 0.05) is 49.8 Å². The van der Waals surface area contributed by atoms with Crippen molar-refractivity contribution < 1.29 is 13.9 Å². The van der Waals surface area contributed by atoms with E-state index < -0.39 is 5.82 Å². The Bertz CT molecular complexity index is 1050. The molecule has 6 nitrogen and oxygen atoms in total. The van der Waals surface area contributed by atoms with Crippen LogP contribution in [0.5, 0.6) is 5.75 Å². The lowest BCUT2D eigenvalue weighted by Gasteiger charge is -2.23. The Morgan fingerprint density at radius 1 is 1.25 bits per heavy atom. The molecule has 9 heteroatoms. The van der Waals surface area contributed by atoms with E-state index in [9.17, 15) is 9.18 Å². The third-order valence-electron chi connectivity index (χ3n) is 5.25. The van der Waals surface area contributed by atoms with Crippen molar-refractivity contribution in [3.63, 3.8) is 0 Å². The fraction of sp³-hybridized carbons (Fsp3) is 0.304. The summed E-state index contributed by atoms with van der Waals surface area (Å²) in [5.74, 6) is 0.394. The second kappa shape index (κ2) is 10.8. The molecule has 3 heterocycles. The van der Waals surface area contributed by atoms with Crippen molar-refractivity contribution in [2.75, 3.05) is 43.5 Å². The Morgan fingerprint density at radius 3 is 2.84 bits per heavy atom. The number of rotatable bonds is 7. The number of nitrogens with zero attached hydrogens (tertiary/aromatic N) is 3. The van der Waals surface area contributed by atoms with Gasteiger partial charge in [-0.3, -0.25) is 4.79 Å². The number of carbonyl (C=O) groups excluding carboxylic acids is 1. The molecule has 0 bridgehead atoms. The van der Waals surface area contributed by atoms with E-state index in [0.29, 0.717) is 35.9 Å². The van der Waals surface area contributed by atoms with Crippen molar-refractivity contribution >= 4 is 42.2 Å². The van der Waals surface area contributed by atoms with Gasteiger partial charge in [-0.2, -0.15) is 13.5 Å². The van der Waals surface area contributed by atoms with Gasteiger partial charge < -0.3 is 19.9 Å². The lowest BCUT2D eigenvalue weighted by Crippen LogP contribution is -2.33. The third-order valence-corrected chi connectivity index (χ3v) is 6.21. The maximum absolute atomic E-state index is 14.6. The van der Waals surface area contributed by atoms with Gasteiger partial charge in [-0.05, 0) is 43.2 Å². The van der Waals surface area contributed by atoms with Crippen LogP contribution in [0.15, 0.2) is 54.0 Å². The largest absolute Gasteiger partial charge is 0.485 e.